The number of rotatable bonds is 1. The summed E-state index contributed by atoms with van der Waals surface area (Å²) in [4.78, 5) is 14.6. The van der Waals surface area contributed by atoms with Gasteiger partial charge in [-0.15, -0.1) is 0 Å². The van der Waals surface area contributed by atoms with Crippen LogP contribution in [-0.2, 0) is 0 Å². The summed E-state index contributed by atoms with van der Waals surface area (Å²) in [6.45, 7) is 0.920. The third-order valence-electron chi connectivity index (χ3n) is 4.40. The van der Waals surface area contributed by atoms with Crippen molar-refractivity contribution in [1.29, 1.82) is 0 Å². The highest BCUT2D eigenvalue weighted by molar-refractivity contribution is 5.95. The van der Waals surface area contributed by atoms with E-state index >= 15 is 0 Å². The highest BCUT2D eigenvalue weighted by Crippen LogP contribution is 2.36. The molecule has 18 heavy (non-hydrogen) atoms. The number of amides is 1. The number of fused-ring (bicyclic) bond motifs is 1. The average molecular weight is 244 g/mol. The smallest absolute Gasteiger partial charge is 0.254 e. The second-order valence-corrected chi connectivity index (χ2v) is 5.52. The molecule has 3 heteroatoms. The highest BCUT2D eigenvalue weighted by atomic mass is 16.2. The Morgan fingerprint density at radius 3 is 2.89 bits per heavy atom. The minimum absolute atomic E-state index is 0.164. The van der Waals surface area contributed by atoms with Crippen molar-refractivity contribution in [2.24, 2.45) is 5.92 Å². The number of nitrogen functional groups attached to an aromatic ring is 1. The first-order chi connectivity index (χ1) is 8.75. The molecule has 1 aromatic rings. The normalized spacial score (nSPS) is 27.0. The standard InChI is InChI=1S/C15H20N2O/c16-13-6-3-5-12(10-13)15(18)17-9-8-11-4-1-2-7-14(11)17/h3,5-6,10-11,14H,1-2,4,7-9,16H2. The van der Waals surface area contributed by atoms with Crippen LogP contribution < -0.4 is 5.73 Å². The van der Waals surface area contributed by atoms with Crippen LogP contribution in [0.1, 0.15) is 42.5 Å². The van der Waals surface area contributed by atoms with Gasteiger partial charge in [0.1, 0.15) is 0 Å². The van der Waals surface area contributed by atoms with Crippen molar-refractivity contribution in [1.82, 2.24) is 4.90 Å². The van der Waals surface area contributed by atoms with E-state index in [1.165, 1.54) is 32.1 Å². The number of hydrogen-bond acceptors (Lipinski definition) is 2. The van der Waals surface area contributed by atoms with Crippen molar-refractivity contribution in [2.45, 2.75) is 38.1 Å². The number of likely N-dealkylation sites (tertiary alicyclic amines) is 1. The molecule has 1 saturated heterocycles. The van der Waals surface area contributed by atoms with Gasteiger partial charge in [-0.1, -0.05) is 18.9 Å². The first kappa shape index (κ1) is 11.6. The number of anilines is 1. The zero-order chi connectivity index (χ0) is 12.5. The number of nitrogens with zero attached hydrogens (tertiary/aromatic N) is 1. The van der Waals surface area contributed by atoms with Crippen LogP contribution in [0.5, 0.6) is 0 Å². The highest BCUT2D eigenvalue weighted by Gasteiger charge is 2.38. The lowest BCUT2D eigenvalue weighted by molar-refractivity contribution is 0.0690. The maximum absolute atomic E-state index is 12.5. The summed E-state index contributed by atoms with van der Waals surface area (Å²) < 4.78 is 0. The summed E-state index contributed by atoms with van der Waals surface area (Å²) in [6, 6.07) is 7.82. The monoisotopic (exact) mass is 244 g/mol. The quantitative estimate of drug-likeness (QED) is 0.772. The lowest BCUT2D eigenvalue weighted by Crippen LogP contribution is -2.39. The fourth-order valence-corrected chi connectivity index (χ4v) is 3.50. The lowest BCUT2D eigenvalue weighted by Gasteiger charge is -2.31. The molecule has 1 aliphatic carbocycles. The Hall–Kier alpha value is -1.51. The van der Waals surface area contributed by atoms with E-state index in [1.807, 2.05) is 18.2 Å². The molecule has 0 spiro atoms. The molecule has 0 aromatic heterocycles. The fraction of sp³-hybridized carbons (Fsp3) is 0.533. The van der Waals surface area contributed by atoms with Crippen LogP contribution in [0.4, 0.5) is 5.69 Å². The Labute approximate surface area is 108 Å². The fourth-order valence-electron chi connectivity index (χ4n) is 3.50. The number of hydrogen-bond donors (Lipinski definition) is 1. The van der Waals surface area contributed by atoms with E-state index in [1.54, 1.807) is 6.07 Å². The van der Waals surface area contributed by atoms with Crippen LogP contribution in [0, 0.1) is 5.92 Å². The van der Waals surface area contributed by atoms with Crippen molar-refractivity contribution in [3.8, 4) is 0 Å². The molecule has 2 unspecified atom stereocenters. The van der Waals surface area contributed by atoms with Crippen molar-refractivity contribution < 1.29 is 4.79 Å². The molecule has 1 heterocycles. The first-order valence-electron chi connectivity index (χ1n) is 6.92. The van der Waals surface area contributed by atoms with Gasteiger partial charge in [-0.05, 0) is 43.4 Å². The SMILES string of the molecule is Nc1cccc(C(=O)N2CCC3CCCCC32)c1. The zero-order valence-electron chi connectivity index (χ0n) is 10.6. The minimum Gasteiger partial charge on any atom is -0.399 e. The maximum atomic E-state index is 12.5. The van der Waals surface area contributed by atoms with E-state index in [0.717, 1.165) is 18.0 Å². The van der Waals surface area contributed by atoms with E-state index in [9.17, 15) is 4.79 Å². The number of carbonyl (C=O) groups is 1. The third kappa shape index (κ3) is 1.98. The van der Waals surface area contributed by atoms with Crippen LogP contribution >= 0.6 is 0 Å². The summed E-state index contributed by atoms with van der Waals surface area (Å²) in [5.74, 6) is 0.903. The molecule has 0 radical (unpaired) electrons. The van der Waals surface area contributed by atoms with Gasteiger partial charge in [0.25, 0.3) is 5.91 Å². The molecule has 1 amide bonds. The summed E-state index contributed by atoms with van der Waals surface area (Å²) in [5.41, 5.74) is 7.16. The average Bonchev–Trinajstić information content (AvgIpc) is 2.82. The van der Waals surface area contributed by atoms with Gasteiger partial charge in [-0.25, -0.2) is 0 Å². The van der Waals surface area contributed by atoms with Gasteiger partial charge in [-0.2, -0.15) is 0 Å². The molecule has 1 aliphatic heterocycles. The van der Waals surface area contributed by atoms with E-state index < -0.39 is 0 Å². The van der Waals surface area contributed by atoms with Gasteiger partial charge in [-0.3, -0.25) is 4.79 Å². The predicted octanol–water partition coefficient (Wildman–Crippen LogP) is 2.67. The van der Waals surface area contributed by atoms with Crippen molar-refractivity contribution in [3.63, 3.8) is 0 Å². The van der Waals surface area contributed by atoms with Gasteiger partial charge >= 0.3 is 0 Å². The van der Waals surface area contributed by atoms with Gasteiger partial charge in [0, 0.05) is 23.8 Å². The van der Waals surface area contributed by atoms with Crippen LogP contribution in [0.15, 0.2) is 24.3 Å². The molecule has 2 N–H and O–H groups in total. The molecular formula is C15H20N2O. The first-order valence-corrected chi connectivity index (χ1v) is 6.92. The van der Waals surface area contributed by atoms with Crippen molar-refractivity contribution >= 4 is 11.6 Å². The Morgan fingerprint density at radius 2 is 2.06 bits per heavy atom. The lowest BCUT2D eigenvalue weighted by atomic mass is 9.85. The van der Waals surface area contributed by atoms with Gasteiger partial charge in [0.2, 0.25) is 0 Å². The van der Waals surface area contributed by atoms with Crippen LogP contribution in [-0.4, -0.2) is 23.4 Å². The van der Waals surface area contributed by atoms with E-state index in [-0.39, 0.29) is 5.91 Å². The molecule has 1 saturated carbocycles. The van der Waals surface area contributed by atoms with Crippen LogP contribution in [0.2, 0.25) is 0 Å². The summed E-state index contributed by atoms with van der Waals surface area (Å²) in [6.07, 6.45) is 6.26. The number of carbonyl (C=O) groups excluding carboxylic acids is 1. The second-order valence-electron chi connectivity index (χ2n) is 5.52. The molecular weight excluding hydrogens is 224 g/mol. The summed E-state index contributed by atoms with van der Waals surface area (Å²) in [5, 5.41) is 0. The molecule has 1 aromatic carbocycles. The molecule has 96 valence electrons. The Balaban J connectivity index is 1.80. The minimum atomic E-state index is 0.164. The number of nitrogens with two attached hydrogens (primary N) is 1. The van der Waals surface area contributed by atoms with Crippen LogP contribution in [0.25, 0.3) is 0 Å². The van der Waals surface area contributed by atoms with Crippen molar-refractivity contribution in [2.75, 3.05) is 12.3 Å². The Bertz CT molecular complexity index is 458. The largest absolute Gasteiger partial charge is 0.399 e. The molecule has 2 atom stereocenters. The Kier molecular flexibility index (Phi) is 2.98. The van der Waals surface area contributed by atoms with E-state index in [4.69, 9.17) is 5.73 Å². The molecule has 3 nitrogen and oxygen atoms in total. The Morgan fingerprint density at radius 1 is 1.22 bits per heavy atom. The van der Waals surface area contributed by atoms with E-state index in [2.05, 4.69) is 4.90 Å². The third-order valence-corrected chi connectivity index (χ3v) is 4.40. The topological polar surface area (TPSA) is 46.3 Å². The van der Waals surface area contributed by atoms with Crippen LogP contribution in [0.3, 0.4) is 0 Å². The summed E-state index contributed by atoms with van der Waals surface area (Å²) in [7, 11) is 0. The van der Waals surface area contributed by atoms with Gasteiger partial charge in [0.15, 0.2) is 0 Å². The molecule has 2 fully saturated rings. The molecule has 2 aliphatic rings. The zero-order valence-corrected chi connectivity index (χ0v) is 10.6. The van der Waals surface area contributed by atoms with Gasteiger partial charge in [0.05, 0.1) is 0 Å². The summed E-state index contributed by atoms with van der Waals surface area (Å²) >= 11 is 0. The number of benzene rings is 1. The van der Waals surface area contributed by atoms with E-state index in [0.29, 0.717) is 11.7 Å². The van der Waals surface area contributed by atoms with Gasteiger partial charge < -0.3 is 10.6 Å². The second kappa shape index (κ2) is 4.63. The molecule has 0 bridgehead atoms. The molecule has 3 rings (SSSR count). The predicted molar refractivity (Wildman–Crippen MR) is 72.3 cm³/mol. The van der Waals surface area contributed by atoms with Crippen molar-refractivity contribution in [3.05, 3.63) is 29.8 Å². The maximum Gasteiger partial charge on any atom is 0.254 e.